The van der Waals surface area contributed by atoms with Crippen molar-refractivity contribution in [3.05, 3.63) is 29.8 Å². The Balaban J connectivity index is 2.70. The lowest BCUT2D eigenvalue weighted by atomic mass is 10.2. The lowest BCUT2D eigenvalue weighted by Crippen LogP contribution is -1.84. The van der Waals surface area contributed by atoms with E-state index >= 15 is 0 Å². The lowest BCUT2D eigenvalue weighted by Gasteiger charge is -1.97. The molecule has 0 radical (unpaired) electrons. The Morgan fingerprint density at radius 3 is 3.15 bits per heavy atom. The number of benzene rings is 1. The van der Waals surface area contributed by atoms with Gasteiger partial charge in [-0.2, -0.15) is 0 Å². The van der Waals surface area contributed by atoms with E-state index in [9.17, 15) is 0 Å². The summed E-state index contributed by atoms with van der Waals surface area (Å²) in [6, 6.07) is 6.13. The van der Waals surface area contributed by atoms with Gasteiger partial charge >= 0.3 is 0 Å². The van der Waals surface area contributed by atoms with E-state index in [0.717, 1.165) is 11.1 Å². The number of fused-ring (bicyclic) bond motifs is 3. The van der Waals surface area contributed by atoms with Crippen LogP contribution >= 0.6 is 11.3 Å². The van der Waals surface area contributed by atoms with Crippen molar-refractivity contribution >= 4 is 38.0 Å². The summed E-state index contributed by atoms with van der Waals surface area (Å²) in [5.41, 5.74) is 7.98. The molecule has 0 amide bonds. The van der Waals surface area contributed by atoms with Gasteiger partial charge in [0.05, 0.1) is 10.2 Å². The fourth-order valence-corrected chi connectivity index (χ4v) is 2.62. The Bertz CT molecular complexity index is 577. The van der Waals surface area contributed by atoms with E-state index in [1.165, 1.54) is 15.6 Å². The van der Waals surface area contributed by atoms with Gasteiger partial charge in [0.2, 0.25) is 0 Å². The van der Waals surface area contributed by atoms with Crippen LogP contribution < -0.4 is 5.73 Å². The summed E-state index contributed by atoms with van der Waals surface area (Å²) >= 11 is 1.72. The van der Waals surface area contributed by atoms with Crippen LogP contribution in [-0.2, 0) is 0 Å². The van der Waals surface area contributed by atoms with E-state index in [1.807, 2.05) is 18.3 Å². The predicted molar refractivity (Wildman–Crippen MR) is 58.1 cm³/mol. The lowest BCUT2D eigenvalue weighted by molar-refractivity contribution is 1.49. The van der Waals surface area contributed by atoms with Crippen molar-refractivity contribution in [1.82, 2.24) is 4.98 Å². The highest BCUT2D eigenvalue weighted by atomic mass is 32.1. The van der Waals surface area contributed by atoms with Crippen LogP contribution in [0.5, 0.6) is 0 Å². The van der Waals surface area contributed by atoms with Gasteiger partial charge in [0.15, 0.2) is 0 Å². The van der Waals surface area contributed by atoms with Crippen LogP contribution in [0.15, 0.2) is 29.8 Å². The van der Waals surface area contributed by atoms with Gasteiger partial charge in [-0.25, -0.2) is 0 Å². The molecular weight excluding hydrogens is 180 g/mol. The first-order valence-corrected chi connectivity index (χ1v) is 4.97. The minimum absolute atomic E-state index is 0.864. The normalized spacial score (nSPS) is 11.4. The van der Waals surface area contributed by atoms with Gasteiger partial charge in [0.25, 0.3) is 0 Å². The fourth-order valence-electron chi connectivity index (χ4n) is 1.67. The Kier molecular flexibility index (Phi) is 1.21. The highest BCUT2D eigenvalue weighted by Gasteiger charge is 2.05. The van der Waals surface area contributed by atoms with Crippen LogP contribution in [0.25, 0.3) is 21.0 Å². The largest absolute Gasteiger partial charge is 0.398 e. The number of anilines is 1. The van der Waals surface area contributed by atoms with Crippen LogP contribution in [0, 0.1) is 0 Å². The zero-order chi connectivity index (χ0) is 8.84. The first-order chi connectivity index (χ1) is 6.36. The first kappa shape index (κ1) is 6.97. The molecule has 3 rings (SSSR count). The molecule has 3 aromatic rings. The molecule has 0 atom stereocenters. The summed E-state index contributed by atoms with van der Waals surface area (Å²) in [5.74, 6) is 0. The Morgan fingerprint density at radius 2 is 2.23 bits per heavy atom. The third-order valence-electron chi connectivity index (χ3n) is 2.29. The standard InChI is InChI=1S/C10H8N2S/c11-8-5-6-1-3-12-9(6)10-7(8)2-4-13-10/h1-5,12H,11H2. The number of H-pyrrole nitrogens is 1. The molecule has 0 bridgehead atoms. The number of rotatable bonds is 0. The van der Waals surface area contributed by atoms with Crippen molar-refractivity contribution in [3.8, 4) is 0 Å². The highest BCUT2D eigenvalue weighted by molar-refractivity contribution is 7.18. The van der Waals surface area contributed by atoms with Crippen LogP contribution in [0.1, 0.15) is 0 Å². The zero-order valence-electron chi connectivity index (χ0n) is 6.87. The summed E-state index contributed by atoms with van der Waals surface area (Å²) in [6.45, 7) is 0. The number of nitrogen functional groups attached to an aromatic ring is 1. The number of aromatic nitrogens is 1. The van der Waals surface area contributed by atoms with Gasteiger partial charge in [0.1, 0.15) is 0 Å². The Hall–Kier alpha value is -1.48. The summed E-state index contributed by atoms with van der Waals surface area (Å²) in [5, 5.41) is 4.41. The topological polar surface area (TPSA) is 41.8 Å². The van der Waals surface area contributed by atoms with Gasteiger partial charge in [0, 0.05) is 22.7 Å². The molecule has 0 aliphatic rings. The fraction of sp³-hybridized carbons (Fsp3) is 0. The summed E-state index contributed by atoms with van der Waals surface area (Å²) in [6.07, 6.45) is 1.95. The van der Waals surface area contributed by atoms with Gasteiger partial charge in [-0.3, -0.25) is 0 Å². The Labute approximate surface area is 79.0 Å². The second kappa shape index (κ2) is 2.26. The van der Waals surface area contributed by atoms with Crippen molar-refractivity contribution in [2.24, 2.45) is 0 Å². The number of nitrogens with two attached hydrogens (primary N) is 1. The van der Waals surface area contributed by atoms with Crippen molar-refractivity contribution in [3.63, 3.8) is 0 Å². The molecule has 0 fully saturated rings. The summed E-state index contributed by atoms with van der Waals surface area (Å²) in [7, 11) is 0. The summed E-state index contributed by atoms with van der Waals surface area (Å²) in [4.78, 5) is 3.23. The predicted octanol–water partition coefficient (Wildman–Crippen LogP) is 2.96. The number of nitrogens with one attached hydrogen (secondary N) is 1. The van der Waals surface area contributed by atoms with E-state index in [4.69, 9.17) is 5.73 Å². The SMILES string of the molecule is Nc1cc2cc[nH]c2c2sccc12. The number of aromatic amines is 1. The molecule has 1 aromatic carbocycles. The number of hydrogen-bond donors (Lipinski definition) is 2. The monoisotopic (exact) mass is 188 g/mol. The number of hydrogen-bond acceptors (Lipinski definition) is 2. The average Bonchev–Trinajstić information content (AvgIpc) is 2.66. The van der Waals surface area contributed by atoms with E-state index in [-0.39, 0.29) is 0 Å². The molecule has 0 spiro atoms. The molecular formula is C10H8N2S. The van der Waals surface area contributed by atoms with Crippen molar-refractivity contribution in [1.29, 1.82) is 0 Å². The van der Waals surface area contributed by atoms with E-state index in [0.29, 0.717) is 0 Å². The minimum atomic E-state index is 0.864. The third-order valence-corrected chi connectivity index (χ3v) is 3.23. The van der Waals surface area contributed by atoms with Crippen LogP contribution in [0.2, 0.25) is 0 Å². The third kappa shape index (κ3) is 0.820. The van der Waals surface area contributed by atoms with Crippen molar-refractivity contribution in [2.75, 3.05) is 5.73 Å². The quantitative estimate of drug-likeness (QED) is 0.523. The molecule has 0 aliphatic carbocycles. The smallest absolute Gasteiger partial charge is 0.0636 e. The second-order valence-corrected chi connectivity index (χ2v) is 3.99. The second-order valence-electron chi connectivity index (χ2n) is 3.07. The molecule has 0 saturated carbocycles. The molecule has 2 heterocycles. The first-order valence-electron chi connectivity index (χ1n) is 4.09. The van der Waals surface area contributed by atoms with Gasteiger partial charge in [-0.15, -0.1) is 11.3 Å². The molecule has 0 unspecified atom stereocenters. The van der Waals surface area contributed by atoms with Crippen LogP contribution in [-0.4, -0.2) is 4.98 Å². The zero-order valence-corrected chi connectivity index (χ0v) is 7.69. The minimum Gasteiger partial charge on any atom is -0.398 e. The van der Waals surface area contributed by atoms with Crippen molar-refractivity contribution < 1.29 is 0 Å². The van der Waals surface area contributed by atoms with Gasteiger partial charge < -0.3 is 10.7 Å². The number of thiophene rings is 1. The molecule has 3 N–H and O–H groups in total. The molecule has 64 valence electrons. The molecule has 13 heavy (non-hydrogen) atoms. The maximum absolute atomic E-state index is 5.92. The van der Waals surface area contributed by atoms with Crippen LogP contribution in [0.3, 0.4) is 0 Å². The molecule has 2 nitrogen and oxygen atoms in total. The Morgan fingerprint density at radius 1 is 1.31 bits per heavy atom. The van der Waals surface area contributed by atoms with Gasteiger partial charge in [-0.05, 0) is 23.6 Å². The highest BCUT2D eigenvalue weighted by Crippen LogP contribution is 2.33. The maximum Gasteiger partial charge on any atom is 0.0636 e. The summed E-state index contributed by atoms with van der Waals surface area (Å²) < 4.78 is 1.25. The average molecular weight is 188 g/mol. The van der Waals surface area contributed by atoms with Gasteiger partial charge in [-0.1, -0.05) is 0 Å². The van der Waals surface area contributed by atoms with E-state index in [2.05, 4.69) is 16.4 Å². The van der Waals surface area contributed by atoms with Crippen LogP contribution in [0.4, 0.5) is 5.69 Å². The molecule has 3 heteroatoms. The van der Waals surface area contributed by atoms with E-state index in [1.54, 1.807) is 11.3 Å². The molecule has 2 aromatic heterocycles. The molecule has 0 saturated heterocycles. The van der Waals surface area contributed by atoms with Crippen molar-refractivity contribution in [2.45, 2.75) is 0 Å². The maximum atomic E-state index is 5.92. The van der Waals surface area contributed by atoms with E-state index < -0.39 is 0 Å². The molecule has 0 aliphatic heterocycles.